The zero-order valence-electron chi connectivity index (χ0n) is 17.1. The third-order valence-electron chi connectivity index (χ3n) is 3.84. The first kappa shape index (κ1) is 22.7. The minimum absolute atomic E-state index is 0.0239. The molecule has 9 nitrogen and oxygen atoms in total. The Morgan fingerprint density at radius 3 is 2.15 bits per heavy atom. The molecular formula is C18H32N4O5. The van der Waals surface area contributed by atoms with Crippen molar-refractivity contribution in [2.75, 3.05) is 26.2 Å². The summed E-state index contributed by atoms with van der Waals surface area (Å²) in [4.78, 5) is 49.0. The molecule has 0 aromatic rings. The van der Waals surface area contributed by atoms with Gasteiger partial charge in [-0.1, -0.05) is 0 Å². The molecule has 154 valence electrons. The standard InChI is InChI=1S/C18H32N4O5/c1-17(2,3)22-11-12(9-14(22)24)15(25)20-8-7-19-13(23)10-21-16(26)27-18(4,5)6/h12H,7-11H2,1-6H3,(H,19,23)(H,20,25)(H,21,26). The van der Waals surface area contributed by atoms with Gasteiger partial charge in [0.15, 0.2) is 0 Å². The number of likely N-dealkylation sites (tertiary alicyclic amines) is 1. The third-order valence-corrected chi connectivity index (χ3v) is 3.84. The van der Waals surface area contributed by atoms with Crippen LogP contribution >= 0.6 is 0 Å². The van der Waals surface area contributed by atoms with Crippen LogP contribution in [0.2, 0.25) is 0 Å². The highest BCUT2D eigenvalue weighted by molar-refractivity contribution is 5.89. The SMILES string of the molecule is CC(C)(C)OC(=O)NCC(=O)NCCNC(=O)C1CC(=O)N(C(C)(C)C)C1. The summed E-state index contributed by atoms with van der Waals surface area (Å²) >= 11 is 0. The van der Waals surface area contributed by atoms with Crippen LogP contribution in [-0.2, 0) is 19.1 Å². The van der Waals surface area contributed by atoms with Crippen LogP contribution in [0.1, 0.15) is 48.0 Å². The molecule has 27 heavy (non-hydrogen) atoms. The minimum Gasteiger partial charge on any atom is -0.444 e. The first-order valence-electron chi connectivity index (χ1n) is 9.11. The second-order valence-electron chi connectivity index (χ2n) is 8.57. The van der Waals surface area contributed by atoms with Crippen LogP contribution in [0, 0.1) is 5.92 Å². The number of amides is 4. The van der Waals surface area contributed by atoms with Gasteiger partial charge in [-0.05, 0) is 41.5 Å². The summed E-state index contributed by atoms with van der Waals surface area (Å²) in [6.45, 7) is 11.7. The molecule has 1 rings (SSSR count). The van der Waals surface area contributed by atoms with Crippen molar-refractivity contribution in [3.8, 4) is 0 Å². The first-order valence-corrected chi connectivity index (χ1v) is 9.11. The van der Waals surface area contributed by atoms with Crippen molar-refractivity contribution in [3.63, 3.8) is 0 Å². The molecule has 3 N–H and O–H groups in total. The van der Waals surface area contributed by atoms with Crippen molar-refractivity contribution in [1.29, 1.82) is 0 Å². The van der Waals surface area contributed by atoms with Gasteiger partial charge in [0.1, 0.15) is 5.60 Å². The molecule has 4 amide bonds. The summed E-state index contributed by atoms with van der Waals surface area (Å²) < 4.78 is 5.02. The van der Waals surface area contributed by atoms with Gasteiger partial charge in [0.2, 0.25) is 17.7 Å². The maximum absolute atomic E-state index is 12.2. The van der Waals surface area contributed by atoms with Crippen molar-refractivity contribution in [2.45, 2.75) is 59.1 Å². The topological polar surface area (TPSA) is 117 Å². The number of carbonyl (C=O) groups is 4. The van der Waals surface area contributed by atoms with Crippen molar-refractivity contribution >= 4 is 23.8 Å². The highest BCUT2D eigenvalue weighted by atomic mass is 16.6. The third kappa shape index (κ3) is 8.27. The Morgan fingerprint density at radius 1 is 1.04 bits per heavy atom. The Bertz CT molecular complexity index is 577. The molecule has 0 saturated carbocycles. The van der Waals surface area contributed by atoms with Crippen molar-refractivity contribution in [3.05, 3.63) is 0 Å². The fraction of sp³-hybridized carbons (Fsp3) is 0.778. The first-order chi connectivity index (χ1) is 12.3. The van der Waals surface area contributed by atoms with Gasteiger partial charge >= 0.3 is 6.09 Å². The number of hydrogen-bond donors (Lipinski definition) is 3. The lowest BCUT2D eigenvalue weighted by Crippen LogP contribution is -2.44. The van der Waals surface area contributed by atoms with Crippen molar-refractivity contribution in [1.82, 2.24) is 20.9 Å². The smallest absolute Gasteiger partial charge is 0.408 e. The fourth-order valence-electron chi connectivity index (χ4n) is 2.59. The summed E-state index contributed by atoms with van der Waals surface area (Å²) in [5, 5.41) is 7.66. The molecule has 1 saturated heterocycles. The summed E-state index contributed by atoms with van der Waals surface area (Å²) in [6, 6.07) is 0. The number of alkyl carbamates (subject to hydrolysis) is 1. The van der Waals surface area contributed by atoms with E-state index < -0.39 is 11.7 Å². The van der Waals surface area contributed by atoms with E-state index in [0.717, 1.165) is 0 Å². The van der Waals surface area contributed by atoms with E-state index in [1.165, 1.54) is 0 Å². The average molecular weight is 384 g/mol. The van der Waals surface area contributed by atoms with Gasteiger partial charge in [-0.2, -0.15) is 0 Å². The van der Waals surface area contributed by atoms with Gasteiger partial charge in [-0.3, -0.25) is 14.4 Å². The summed E-state index contributed by atoms with van der Waals surface area (Å²) in [5.74, 6) is -0.980. The van der Waals surface area contributed by atoms with Crippen molar-refractivity contribution in [2.24, 2.45) is 5.92 Å². The Kier molecular flexibility index (Phi) is 7.62. The van der Waals surface area contributed by atoms with Crippen LogP contribution in [0.25, 0.3) is 0 Å². The molecule has 0 aliphatic carbocycles. The number of rotatable bonds is 6. The van der Waals surface area contributed by atoms with E-state index in [1.54, 1.807) is 25.7 Å². The molecule has 9 heteroatoms. The lowest BCUT2D eigenvalue weighted by atomic mass is 10.1. The molecule has 0 aromatic carbocycles. The maximum Gasteiger partial charge on any atom is 0.408 e. The molecule has 1 unspecified atom stereocenters. The van der Waals surface area contributed by atoms with Gasteiger partial charge in [-0.25, -0.2) is 4.79 Å². The minimum atomic E-state index is -0.666. The second kappa shape index (κ2) is 9.05. The number of hydrogen-bond acceptors (Lipinski definition) is 5. The van der Waals surface area contributed by atoms with Gasteiger partial charge < -0.3 is 25.6 Å². The van der Waals surface area contributed by atoms with E-state index in [4.69, 9.17) is 4.74 Å². The largest absolute Gasteiger partial charge is 0.444 e. The maximum atomic E-state index is 12.2. The molecular weight excluding hydrogens is 352 g/mol. The average Bonchev–Trinajstić information content (AvgIpc) is 2.90. The number of ether oxygens (including phenoxy) is 1. The van der Waals surface area contributed by atoms with E-state index >= 15 is 0 Å². The number of nitrogens with zero attached hydrogens (tertiary/aromatic N) is 1. The van der Waals surface area contributed by atoms with Crippen LogP contribution in [0.5, 0.6) is 0 Å². The van der Waals surface area contributed by atoms with Gasteiger partial charge in [-0.15, -0.1) is 0 Å². The molecule has 0 aromatic heterocycles. The van der Waals surface area contributed by atoms with Crippen LogP contribution in [0.15, 0.2) is 0 Å². The van der Waals surface area contributed by atoms with Crippen LogP contribution in [0.3, 0.4) is 0 Å². The summed E-state index contributed by atoms with van der Waals surface area (Å²) in [7, 11) is 0. The van der Waals surface area contributed by atoms with E-state index in [0.29, 0.717) is 6.54 Å². The quantitative estimate of drug-likeness (QED) is 0.573. The Hall–Kier alpha value is -2.32. The Morgan fingerprint density at radius 2 is 1.63 bits per heavy atom. The molecule has 0 radical (unpaired) electrons. The van der Waals surface area contributed by atoms with Crippen LogP contribution in [-0.4, -0.2) is 66.0 Å². The Labute approximate surface area is 160 Å². The number of carbonyl (C=O) groups excluding carboxylic acids is 4. The van der Waals surface area contributed by atoms with Crippen molar-refractivity contribution < 1.29 is 23.9 Å². The molecule has 1 atom stereocenters. The van der Waals surface area contributed by atoms with E-state index in [1.807, 2.05) is 20.8 Å². The van der Waals surface area contributed by atoms with Crippen LogP contribution < -0.4 is 16.0 Å². The molecule has 1 heterocycles. The molecule has 1 fully saturated rings. The second-order valence-corrected chi connectivity index (χ2v) is 8.57. The predicted octanol–water partition coefficient (Wildman–Crippen LogP) is 0.391. The normalized spacial score (nSPS) is 17.5. The summed E-state index contributed by atoms with van der Waals surface area (Å²) in [6.07, 6.45) is -0.463. The number of nitrogens with one attached hydrogen (secondary N) is 3. The highest BCUT2D eigenvalue weighted by Crippen LogP contribution is 2.25. The lowest BCUT2D eigenvalue weighted by Gasteiger charge is -2.31. The van der Waals surface area contributed by atoms with E-state index in [2.05, 4.69) is 16.0 Å². The molecule has 0 bridgehead atoms. The zero-order chi connectivity index (χ0) is 20.8. The molecule has 1 aliphatic heterocycles. The van der Waals surface area contributed by atoms with Gasteiger partial charge in [0.25, 0.3) is 0 Å². The van der Waals surface area contributed by atoms with E-state index in [-0.39, 0.29) is 55.2 Å². The Balaban J connectivity index is 2.23. The fourth-order valence-corrected chi connectivity index (χ4v) is 2.59. The monoisotopic (exact) mass is 384 g/mol. The van der Waals surface area contributed by atoms with Crippen LogP contribution in [0.4, 0.5) is 4.79 Å². The summed E-state index contributed by atoms with van der Waals surface area (Å²) in [5.41, 5.74) is -0.934. The lowest BCUT2D eigenvalue weighted by molar-refractivity contribution is -0.132. The van der Waals surface area contributed by atoms with E-state index in [9.17, 15) is 19.2 Å². The highest BCUT2D eigenvalue weighted by Gasteiger charge is 2.39. The van der Waals surface area contributed by atoms with Gasteiger partial charge in [0.05, 0.1) is 12.5 Å². The molecule has 1 aliphatic rings. The van der Waals surface area contributed by atoms with Gasteiger partial charge in [0, 0.05) is 31.6 Å². The zero-order valence-corrected chi connectivity index (χ0v) is 17.1. The molecule has 0 spiro atoms. The predicted molar refractivity (Wildman–Crippen MR) is 99.8 cm³/mol.